The number of carbonyl (C=O) groups is 4. The van der Waals surface area contributed by atoms with Crippen molar-refractivity contribution in [1.29, 1.82) is 0 Å². The summed E-state index contributed by atoms with van der Waals surface area (Å²) in [5.74, 6) is -1.18. The van der Waals surface area contributed by atoms with Crippen LogP contribution in [0.25, 0.3) is 0 Å². The summed E-state index contributed by atoms with van der Waals surface area (Å²) in [5.41, 5.74) is 0. The molecule has 2 aliphatic heterocycles. The molecule has 0 unspecified atom stereocenters. The second-order valence-electron chi connectivity index (χ2n) is 5.92. The monoisotopic (exact) mass is 295 g/mol. The molecule has 0 aliphatic carbocycles. The minimum atomic E-state index is -0.438. The number of nitrogens with one attached hydrogen (secondary N) is 1. The van der Waals surface area contributed by atoms with E-state index in [-0.39, 0.29) is 36.7 Å². The van der Waals surface area contributed by atoms with E-state index in [2.05, 4.69) is 5.32 Å². The fourth-order valence-electron chi connectivity index (χ4n) is 2.76. The smallest absolute Gasteiger partial charge is 0.246 e. The third-order valence-electron chi connectivity index (χ3n) is 3.91. The Balaban J connectivity index is 1.90. The Labute approximate surface area is 123 Å². The predicted octanol–water partition coefficient (Wildman–Crippen LogP) is -0.634. The highest BCUT2D eigenvalue weighted by atomic mass is 16.2. The van der Waals surface area contributed by atoms with Gasteiger partial charge in [-0.2, -0.15) is 0 Å². The molecule has 21 heavy (non-hydrogen) atoms. The van der Waals surface area contributed by atoms with Crippen molar-refractivity contribution in [3.05, 3.63) is 0 Å². The van der Waals surface area contributed by atoms with E-state index in [1.807, 2.05) is 13.8 Å². The quantitative estimate of drug-likeness (QED) is 0.687. The average molecular weight is 295 g/mol. The van der Waals surface area contributed by atoms with Crippen molar-refractivity contribution in [2.75, 3.05) is 26.2 Å². The first kappa shape index (κ1) is 15.5. The molecule has 0 aromatic rings. The van der Waals surface area contributed by atoms with Gasteiger partial charge in [0, 0.05) is 24.9 Å². The molecule has 7 nitrogen and oxygen atoms in total. The summed E-state index contributed by atoms with van der Waals surface area (Å²) in [7, 11) is 0. The zero-order valence-electron chi connectivity index (χ0n) is 12.4. The highest BCUT2D eigenvalue weighted by Gasteiger charge is 2.34. The summed E-state index contributed by atoms with van der Waals surface area (Å²) >= 11 is 0. The Morgan fingerprint density at radius 2 is 1.57 bits per heavy atom. The molecule has 0 aromatic carbocycles. The van der Waals surface area contributed by atoms with E-state index in [1.54, 1.807) is 4.90 Å². The number of likely N-dealkylation sites (tertiary alicyclic amines) is 1. The van der Waals surface area contributed by atoms with Crippen LogP contribution >= 0.6 is 0 Å². The lowest BCUT2D eigenvalue weighted by Gasteiger charge is -2.35. The Bertz CT molecular complexity index is 451. The van der Waals surface area contributed by atoms with Gasteiger partial charge in [0.1, 0.15) is 13.1 Å². The lowest BCUT2D eigenvalue weighted by atomic mass is 9.94. The molecule has 2 saturated heterocycles. The normalized spacial score (nSPS) is 20.7. The summed E-state index contributed by atoms with van der Waals surface area (Å²) in [4.78, 5) is 49.9. The highest BCUT2D eigenvalue weighted by molar-refractivity contribution is 6.02. The van der Waals surface area contributed by atoms with E-state index in [4.69, 9.17) is 0 Å². The van der Waals surface area contributed by atoms with Crippen molar-refractivity contribution in [1.82, 2.24) is 15.1 Å². The predicted molar refractivity (Wildman–Crippen MR) is 73.9 cm³/mol. The summed E-state index contributed by atoms with van der Waals surface area (Å²) in [6, 6.07) is 0. The molecule has 0 bridgehead atoms. The first-order valence-corrected chi connectivity index (χ1v) is 7.28. The van der Waals surface area contributed by atoms with Gasteiger partial charge in [0.2, 0.25) is 23.6 Å². The molecule has 2 heterocycles. The average Bonchev–Trinajstić information content (AvgIpc) is 2.44. The van der Waals surface area contributed by atoms with Crippen molar-refractivity contribution in [3.8, 4) is 0 Å². The van der Waals surface area contributed by atoms with E-state index >= 15 is 0 Å². The molecule has 0 aromatic heterocycles. The number of hydrogen-bond donors (Lipinski definition) is 1. The number of amides is 4. The van der Waals surface area contributed by atoms with Gasteiger partial charge >= 0.3 is 0 Å². The van der Waals surface area contributed by atoms with Gasteiger partial charge in [0.05, 0.1) is 0 Å². The van der Waals surface area contributed by atoms with Gasteiger partial charge in [0.15, 0.2) is 0 Å². The maximum absolute atomic E-state index is 12.3. The number of rotatable bonds is 2. The Morgan fingerprint density at radius 3 is 2.05 bits per heavy atom. The van der Waals surface area contributed by atoms with Crippen molar-refractivity contribution >= 4 is 23.6 Å². The summed E-state index contributed by atoms with van der Waals surface area (Å²) in [5, 5.41) is 2.18. The fourth-order valence-corrected chi connectivity index (χ4v) is 2.76. The molecule has 2 rings (SSSR count). The van der Waals surface area contributed by atoms with Crippen LogP contribution < -0.4 is 5.32 Å². The van der Waals surface area contributed by atoms with Gasteiger partial charge in [-0.3, -0.25) is 24.5 Å². The summed E-state index contributed by atoms with van der Waals surface area (Å²) < 4.78 is 0. The topological polar surface area (TPSA) is 86.8 Å². The third-order valence-corrected chi connectivity index (χ3v) is 3.91. The molecule has 4 amide bonds. The van der Waals surface area contributed by atoms with Crippen molar-refractivity contribution in [2.45, 2.75) is 26.7 Å². The van der Waals surface area contributed by atoms with Crippen LogP contribution in [0.1, 0.15) is 26.7 Å². The van der Waals surface area contributed by atoms with Crippen molar-refractivity contribution in [2.24, 2.45) is 11.8 Å². The van der Waals surface area contributed by atoms with Gasteiger partial charge in [-0.15, -0.1) is 0 Å². The molecule has 0 radical (unpaired) electrons. The van der Waals surface area contributed by atoms with E-state index in [0.717, 1.165) is 0 Å². The van der Waals surface area contributed by atoms with Crippen LogP contribution in [0.4, 0.5) is 0 Å². The van der Waals surface area contributed by atoms with Gasteiger partial charge in [-0.25, -0.2) is 0 Å². The maximum Gasteiger partial charge on any atom is 0.246 e. The molecule has 2 fully saturated rings. The molecule has 1 N–H and O–H groups in total. The van der Waals surface area contributed by atoms with Gasteiger partial charge in [-0.05, 0) is 12.8 Å². The van der Waals surface area contributed by atoms with E-state index in [9.17, 15) is 19.2 Å². The number of piperazine rings is 1. The van der Waals surface area contributed by atoms with Crippen LogP contribution in [0, 0.1) is 11.8 Å². The van der Waals surface area contributed by atoms with Crippen LogP contribution in [-0.2, 0) is 19.2 Å². The van der Waals surface area contributed by atoms with Gasteiger partial charge < -0.3 is 9.80 Å². The molecular weight excluding hydrogens is 274 g/mol. The Hall–Kier alpha value is -1.92. The van der Waals surface area contributed by atoms with Crippen LogP contribution in [0.15, 0.2) is 0 Å². The first-order chi connectivity index (χ1) is 9.88. The lowest BCUT2D eigenvalue weighted by molar-refractivity contribution is -0.149. The summed E-state index contributed by atoms with van der Waals surface area (Å²) in [6.45, 7) is 4.71. The van der Waals surface area contributed by atoms with E-state index in [0.29, 0.717) is 25.9 Å². The third kappa shape index (κ3) is 3.59. The molecular formula is C14H21N3O4. The number of piperidine rings is 1. The minimum Gasteiger partial charge on any atom is -0.342 e. The Morgan fingerprint density at radius 1 is 1.05 bits per heavy atom. The zero-order chi connectivity index (χ0) is 15.6. The van der Waals surface area contributed by atoms with Crippen LogP contribution in [0.3, 0.4) is 0 Å². The van der Waals surface area contributed by atoms with Crippen LogP contribution in [-0.4, -0.2) is 59.6 Å². The molecule has 2 aliphatic rings. The number of hydrogen-bond acceptors (Lipinski definition) is 4. The number of nitrogens with zero attached hydrogens (tertiary/aromatic N) is 2. The lowest BCUT2D eigenvalue weighted by Crippen LogP contribution is -2.55. The Kier molecular flexibility index (Phi) is 4.59. The largest absolute Gasteiger partial charge is 0.342 e. The van der Waals surface area contributed by atoms with Crippen LogP contribution in [0.2, 0.25) is 0 Å². The minimum absolute atomic E-state index is 0.0411. The fraction of sp³-hybridized carbons (Fsp3) is 0.714. The molecule has 116 valence electrons. The van der Waals surface area contributed by atoms with Crippen molar-refractivity contribution < 1.29 is 19.2 Å². The SMILES string of the molecule is CC(C)C(=O)N1CCC(C(=O)N2CC(=O)NC(=O)C2)CC1. The maximum atomic E-state index is 12.3. The van der Waals surface area contributed by atoms with Crippen LogP contribution in [0.5, 0.6) is 0 Å². The van der Waals surface area contributed by atoms with E-state index < -0.39 is 11.8 Å². The molecule has 0 saturated carbocycles. The zero-order valence-corrected chi connectivity index (χ0v) is 12.4. The van der Waals surface area contributed by atoms with E-state index in [1.165, 1.54) is 4.90 Å². The number of imide groups is 1. The molecule has 7 heteroatoms. The summed E-state index contributed by atoms with van der Waals surface area (Å²) in [6.07, 6.45) is 1.17. The molecule has 0 atom stereocenters. The second kappa shape index (κ2) is 6.24. The highest BCUT2D eigenvalue weighted by Crippen LogP contribution is 2.21. The van der Waals surface area contributed by atoms with Gasteiger partial charge in [-0.1, -0.05) is 13.8 Å². The standard InChI is InChI=1S/C14H21N3O4/c1-9(2)13(20)16-5-3-10(4-6-16)14(21)17-7-11(18)15-12(19)8-17/h9-10H,3-8H2,1-2H3,(H,15,18,19). The van der Waals surface area contributed by atoms with Crippen molar-refractivity contribution in [3.63, 3.8) is 0 Å². The first-order valence-electron chi connectivity index (χ1n) is 7.28. The second-order valence-corrected chi connectivity index (χ2v) is 5.92. The molecule has 0 spiro atoms. The van der Waals surface area contributed by atoms with Gasteiger partial charge in [0.25, 0.3) is 0 Å². The number of carbonyl (C=O) groups excluding carboxylic acids is 4.